The first kappa shape index (κ1) is 13.0. The molecule has 112 valence electrons. The van der Waals surface area contributed by atoms with Crippen LogP contribution >= 0.6 is 0 Å². The van der Waals surface area contributed by atoms with E-state index in [2.05, 4.69) is 6.58 Å². The van der Waals surface area contributed by atoms with E-state index in [1.165, 1.54) is 0 Å². The Kier molecular flexibility index (Phi) is 2.60. The van der Waals surface area contributed by atoms with Crippen molar-refractivity contribution in [3.05, 3.63) is 12.2 Å². The van der Waals surface area contributed by atoms with Crippen LogP contribution in [0.15, 0.2) is 12.2 Å². The van der Waals surface area contributed by atoms with Crippen LogP contribution in [0.5, 0.6) is 0 Å². The summed E-state index contributed by atoms with van der Waals surface area (Å²) in [5.74, 6) is -0.633. The first-order valence-electron chi connectivity index (χ1n) is 7.61. The molecule has 1 aliphatic heterocycles. The summed E-state index contributed by atoms with van der Waals surface area (Å²) in [5.41, 5.74) is 0.398. The van der Waals surface area contributed by atoms with Gasteiger partial charge in [-0.15, -0.1) is 0 Å². The number of fused-ring (bicyclic) bond motifs is 8. The summed E-state index contributed by atoms with van der Waals surface area (Å²) in [4.78, 5) is 35.5. The van der Waals surface area contributed by atoms with Crippen LogP contribution in [0.3, 0.4) is 0 Å². The third-order valence-electron chi connectivity index (χ3n) is 5.96. The van der Waals surface area contributed by atoms with Gasteiger partial charge in [0.2, 0.25) is 0 Å². The Morgan fingerprint density at radius 1 is 1.14 bits per heavy atom. The number of rotatable bonds is 2. The quantitative estimate of drug-likeness (QED) is 0.437. The van der Waals surface area contributed by atoms with Gasteiger partial charge in [-0.1, -0.05) is 6.58 Å². The highest BCUT2D eigenvalue weighted by molar-refractivity contribution is 5.97. The van der Waals surface area contributed by atoms with Crippen molar-refractivity contribution < 1.29 is 23.9 Å². The average Bonchev–Trinajstić information content (AvgIpc) is 3.11. The molecule has 5 nitrogen and oxygen atoms in total. The zero-order chi connectivity index (χ0) is 14.9. The van der Waals surface area contributed by atoms with E-state index in [0.29, 0.717) is 11.5 Å². The lowest BCUT2D eigenvalue weighted by atomic mass is 9.70. The molecule has 0 aromatic heterocycles. The van der Waals surface area contributed by atoms with E-state index in [-0.39, 0.29) is 53.6 Å². The highest BCUT2D eigenvalue weighted by atomic mass is 16.6. The predicted octanol–water partition coefficient (Wildman–Crippen LogP) is 1.47. The van der Waals surface area contributed by atoms with E-state index in [1.54, 1.807) is 6.92 Å². The minimum atomic E-state index is -0.368. The van der Waals surface area contributed by atoms with E-state index < -0.39 is 0 Å². The van der Waals surface area contributed by atoms with E-state index in [1.807, 2.05) is 0 Å². The normalized spacial score (nSPS) is 46.2. The molecule has 4 aliphatic rings. The maximum atomic E-state index is 11.9. The SMILES string of the molecule is C=C(C)C(=O)OC1CCC2C3CC(C4C(=O)OC(=O)C34)C12. The van der Waals surface area contributed by atoms with Gasteiger partial charge in [0.25, 0.3) is 0 Å². The molecular weight excluding hydrogens is 272 g/mol. The highest BCUT2D eigenvalue weighted by Crippen LogP contribution is 2.65. The third-order valence-corrected chi connectivity index (χ3v) is 5.96. The number of carbonyl (C=O) groups excluding carboxylic acids is 3. The number of carbonyl (C=O) groups is 3. The van der Waals surface area contributed by atoms with Gasteiger partial charge in [-0.2, -0.15) is 0 Å². The first-order valence-corrected chi connectivity index (χ1v) is 7.61. The average molecular weight is 290 g/mol. The van der Waals surface area contributed by atoms with E-state index >= 15 is 0 Å². The summed E-state index contributed by atoms with van der Waals surface area (Å²) in [5, 5.41) is 0. The van der Waals surface area contributed by atoms with Crippen LogP contribution in [0.4, 0.5) is 0 Å². The van der Waals surface area contributed by atoms with Gasteiger partial charge in [-0.05, 0) is 43.9 Å². The molecule has 7 unspecified atom stereocenters. The summed E-state index contributed by atoms with van der Waals surface area (Å²) >= 11 is 0. The molecule has 3 saturated carbocycles. The molecule has 21 heavy (non-hydrogen) atoms. The molecule has 1 saturated heterocycles. The Bertz CT molecular complexity index is 565. The van der Waals surface area contributed by atoms with Gasteiger partial charge in [0.1, 0.15) is 6.10 Å². The Balaban J connectivity index is 1.59. The highest BCUT2D eigenvalue weighted by Gasteiger charge is 2.69. The van der Waals surface area contributed by atoms with Crippen molar-refractivity contribution in [3.8, 4) is 0 Å². The fourth-order valence-electron chi connectivity index (χ4n) is 5.34. The van der Waals surface area contributed by atoms with Crippen molar-refractivity contribution in [3.63, 3.8) is 0 Å². The van der Waals surface area contributed by atoms with Gasteiger partial charge in [-0.25, -0.2) is 4.79 Å². The molecule has 2 bridgehead atoms. The molecule has 1 heterocycles. The predicted molar refractivity (Wildman–Crippen MR) is 70.6 cm³/mol. The summed E-state index contributed by atoms with van der Waals surface area (Å²) in [6.07, 6.45) is 2.54. The molecule has 7 atom stereocenters. The largest absolute Gasteiger partial charge is 0.459 e. The Labute approximate surface area is 122 Å². The second-order valence-electron chi connectivity index (χ2n) is 6.90. The Hall–Kier alpha value is -1.65. The fourth-order valence-corrected chi connectivity index (χ4v) is 5.34. The topological polar surface area (TPSA) is 69.7 Å². The lowest BCUT2D eigenvalue weighted by Gasteiger charge is -2.33. The molecule has 0 aromatic rings. The second-order valence-corrected chi connectivity index (χ2v) is 6.90. The standard InChI is InChI=1S/C16H18O5/c1-6(2)14(17)20-10-4-3-7-8-5-9(11(7)10)13-12(8)15(18)21-16(13)19/h7-13H,1,3-5H2,2H3. The van der Waals surface area contributed by atoms with Gasteiger partial charge >= 0.3 is 17.9 Å². The number of ether oxygens (including phenoxy) is 2. The second kappa shape index (κ2) is 4.18. The van der Waals surface area contributed by atoms with Crippen molar-refractivity contribution in [1.82, 2.24) is 0 Å². The van der Waals surface area contributed by atoms with Crippen LogP contribution in [0.25, 0.3) is 0 Å². The van der Waals surface area contributed by atoms with Crippen LogP contribution < -0.4 is 0 Å². The zero-order valence-corrected chi connectivity index (χ0v) is 11.9. The summed E-state index contributed by atoms with van der Waals surface area (Å²) in [7, 11) is 0. The Morgan fingerprint density at radius 3 is 2.48 bits per heavy atom. The van der Waals surface area contributed by atoms with Gasteiger partial charge < -0.3 is 9.47 Å². The number of hydrogen-bond acceptors (Lipinski definition) is 5. The van der Waals surface area contributed by atoms with Crippen LogP contribution in [0.1, 0.15) is 26.2 Å². The van der Waals surface area contributed by atoms with E-state index in [4.69, 9.17) is 9.47 Å². The maximum absolute atomic E-state index is 11.9. The van der Waals surface area contributed by atoms with Gasteiger partial charge in [0.15, 0.2) is 0 Å². The van der Waals surface area contributed by atoms with Crippen LogP contribution in [0.2, 0.25) is 0 Å². The van der Waals surface area contributed by atoms with Crippen molar-refractivity contribution in [1.29, 1.82) is 0 Å². The van der Waals surface area contributed by atoms with Gasteiger partial charge in [0.05, 0.1) is 11.8 Å². The molecule has 0 spiro atoms. The minimum Gasteiger partial charge on any atom is -0.459 e. The minimum absolute atomic E-state index is 0.134. The monoisotopic (exact) mass is 290 g/mol. The zero-order valence-electron chi connectivity index (χ0n) is 11.9. The lowest BCUT2D eigenvalue weighted by molar-refractivity contribution is -0.154. The molecule has 0 amide bonds. The molecular formula is C16H18O5. The lowest BCUT2D eigenvalue weighted by Crippen LogP contribution is -2.39. The first-order chi connectivity index (χ1) is 9.99. The van der Waals surface area contributed by atoms with Gasteiger partial charge in [0, 0.05) is 11.5 Å². The van der Waals surface area contributed by atoms with Crippen LogP contribution in [-0.2, 0) is 23.9 Å². The summed E-state index contributed by atoms with van der Waals surface area (Å²) < 4.78 is 10.4. The molecule has 0 radical (unpaired) electrons. The molecule has 5 heteroatoms. The van der Waals surface area contributed by atoms with Crippen LogP contribution in [-0.4, -0.2) is 24.0 Å². The molecule has 0 aromatic carbocycles. The molecule has 4 rings (SSSR count). The number of esters is 3. The van der Waals surface area contributed by atoms with Crippen molar-refractivity contribution >= 4 is 17.9 Å². The summed E-state index contributed by atoms with van der Waals surface area (Å²) in [6.45, 7) is 5.25. The van der Waals surface area contributed by atoms with Crippen molar-refractivity contribution in [2.45, 2.75) is 32.3 Å². The fraction of sp³-hybridized carbons (Fsp3) is 0.688. The molecule has 0 N–H and O–H groups in total. The maximum Gasteiger partial charge on any atom is 0.333 e. The molecule has 4 fully saturated rings. The van der Waals surface area contributed by atoms with Crippen molar-refractivity contribution in [2.75, 3.05) is 0 Å². The smallest absolute Gasteiger partial charge is 0.333 e. The number of hydrogen-bond donors (Lipinski definition) is 0. The molecule has 3 aliphatic carbocycles. The van der Waals surface area contributed by atoms with Crippen molar-refractivity contribution in [2.24, 2.45) is 35.5 Å². The van der Waals surface area contributed by atoms with Gasteiger partial charge in [-0.3, -0.25) is 9.59 Å². The number of cyclic esters (lactones) is 2. The third kappa shape index (κ3) is 1.60. The van der Waals surface area contributed by atoms with Crippen LogP contribution in [0, 0.1) is 35.5 Å². The van der Waals surface area contributed by atoms with E-state index in [9.17, 15) is 14.4 Å². The van der Waals surface area contributed by atoms with E-state index in [0.717, 1.165) is 19.3 Å². The summed E-state index contributed by atoms with van der Waals surface area (Å²) in [6, 6.07) is 0. The Morgan fingerprint density at radius 2 is 1.81 bits per heavy atom.